The van der Waals surface area contributed by atoms with Crippen LogP contribution in [0.15, 0.2) is 75.1 Å². The monoisotopic (exact) mass is 566 g/mol. The van der Waals surface area contributed by atoms with Crippen LogP contribution in [0.1, 0.15) is 18.1 Å². The molecule has 0 radical (unpaired) electrons. The van der Waals surface area contributed by atoms with E-state index in [1.54, 1.807) is 24.4 Å². The summed E-state index contributed by atoms with van der Waals surface area (Å²) in [7, 11) is 0. The highest BCUT2D eigenvalue weighted by molar-refractivity contribution is 9.10. The lowest BCUT2D eigenvalue weighted by Gasteiger charge is -2.15. The van der Waals surface area contributed by atoms with E-state index in [0.717, 1.165) is 16.0 Å². The van der Waals surface area contributed by atoms with Gasteiger partial charge in [-0.25, -0.2) is 5.43 Å². The summed E-state index contributed by atoms with van der Waals surface area (Å²) in [5, 5.41) is 5.35. The molecule has 0 aromatic heterocycles. The zero-order chi connectivity index (χ0) is 23.6. The van der Waals surface area contributed by atoms with Crippen LogP contribution in [0.25, 0.3) is 0 Å². The van der Waals surface area contributed by atoms with Crippen LogP contribution in [0, 0.1) is 0 Å². The lowest BCUT2D eigenvalue weighted by atomic mass is 10.2. The molecule has 0 spiro atoms. The van der Waals surface area contributed by atoms with Gasteiger partial charge >= 0.3 is 0 Å². The number of thioether (sulfide) groups is 1. The number of hydrogen-bond donors (Lipinski definition) is 1. The molecule has 0 aliphatic carbocycles. The number of hydrazone groups is 1. The number of ether oxygens (including phenoxy) is 2. The second-order valence-electron chi connectivity index (χ2n) is 6.68. The highest BCUT2D eigenvalue weighted by Crippen LogP contribution is 2.37. The topological polar surface area (TPSA) is 59.9 Å². The van der Waals surface area contributed by atoms with Crippen molar-refractivity contribution < 1.29 is 14.3 Å². The Bertz CT molecular complexity index is 1130. The van der Waals surface area contributed by atoms with Crippen molar-refractivity contribution >= 4 is 63.0 Å². The van der Waals surface area contributed by atoms with Gasteiger partial charge in [0.1, 0.15) is 6.61 Å². The molecule has 3 aromatic rings. The lowest BCUT2D eigenvalue weighted by molar-refractivity contribution is -0.118. The van der Waals surface area contributed by atoms with Crippen molar-refractivity contribution in [2.45, 2.75) is 18.4 Å². The van der Waals surface area contributed by atoms with Crippen molar-refractivity contribution in [3.05, 3.63) is 86.3 Å². The molecule has 0 aliphatic heterocycles. The average Bonchev–Trinajstić information content (AvgIpc) is 2.79. The molecule has 3 aromatic carbocycles. The minimum absolute atomic E-state index is 0.213. The highest BCUT2D eigenvalue weighted by atomic mass is 79.9. The molecule has 1 N–H and O–H groups in total. The van der Waals surface area contributed by atoms with Crippen molar-refractivity contribution in [1.82, 2.24) is 5.43 Å². The van der Waals surface area contributed by atoms with E-state index < -0.39 is 0 Å². The summed E-state index contributed by atoms with van der Waals surface area (Å²) in [6, 6.07) is 18.5. The first-order valence-corrected chi connectivity index (χ1v) is 12.5. The van der Waals surface area contributed by atoms with Crippen molar-refractivity contribution in [2.75, 3.05) is 12.4 Å². The van der Waals surface area contributed by atoms with Gasteiger partial charge in [-0.1, -0.05) is 41.4 Å². The summed E-state index contributed by atoms with van der Waals surface area (Å²) < 4.78 is 12.4. The summed E-state index contributed by atoms with van der Waals surface area (Å²) in [4.78, 5) is 13.0. The molecule has 0 bridgehead atoms. The van der Waals surface area contributed by atoms with Crippen LogP contribution >= 0.6 is 50.9 Å². The number of benzene rings is 3. The minimum atomic E-state index is -0.213. The van der Waals surface area contributed by atoms with E-state index in [1.807, 2.05) is 49.4 Å². The van der Waals surface area contributed by atoms with E-state index in [-0.39, 0.29) is 11.7 Å². The van der Waals surface area contributed by atoms with E-state index in [0.29, 0.717) is 39.2 Å². The van der Waals surface area contributed by atoms with Gasteiger partial charge in [-0.15, -0.1) is 11.8 Å². The first-order valence-electron chi connectivity index (χ1n) is 9.99. The molecule has 33 heavy (non-hydrogen) atoms. The van der Waals surface area contributed by atoms with Crippen molar-refractivity contribution in [1.29, 1.82) is 0 Å². The molecule has 3 rings (SSSR count). The van der Waals surface area contributed by atoms with Crippen LogP contribution in [0.5, 0.6) is 11.5 Å². The Hall–Kier alpha value is -2.19. The zero-order valence-corrected chi connectivity index (χ0v) is 21.6. The Kier molecular flexibility index (Phi) is 9.94. The van der Waals surface area contributed by atoms with Gasteiger partial charge in [-0.3, -0.25) is 4.79 Å². The number of carbonyl (C=O) groups is 1. The van der Waals surface area contributed by atoms with Crippen LogP contribution in [0.2, 0.25) is 10.0 Å². The number of hydrogen-bond acceptors (Lipinski definition) is 5. The number of halogens is 3. The van der Waals surface area contributed by atoms with E-state index in [1.165, 1.54) is 11.8 Å². The normalized spacial score (nSPS) is 10.9. The maximum Gasteiger partial charge on any atom is 0.250 e. The fourth-order valence-electron chi connectivity index (χ4n) is 2.72. The Morgan fingerprint density at radius 3 is 2.61 bits per heavy atom. The van der Waals surface area contributed by atoms with Crippen molar-refractivity contribution in [2.24, 2.45) is 5.10 Å². The SMILES string of the molecule is CCOc1cc(/C=N\NC(=O)CSc2ccc(Cl)cc2)cc(Br)c1OCc1ccccc1Cl. The van der Waals surface area contributed by atoms with Crippen LogP contribution in [0.4, 0.5) is 0 Å². The summed E-state index contributed by atoms with van der Waals surface area (Å²) >= 11 is 17.0. The lowest BCUT2D eigenvalue weighted by Crippen LogP contribution is -2.19. The number of carbonyl (C=O) groups excluding carboxylic acids is 1. The van der Waals surface area contributed by atoms with Gasteiger partial charge < -0.3 is 9.47 Å². The summed E-state index contributed by atoms with van der Waals surface area (Å²) in [5.41, 5.74) is 4.14. The Morgan fingerprint density at radius 1 is 1.12 bits per heavy atom. The predicted octanol–water partition coefficient (Wildman–Crippen LogP) is 6.98. The van der Waals surface area contributed by atoms with Crippen LogP contribution in [0.3, 0.4) is 0 Å². The number of nitrogens with one attached hydrogen (secondary N) is 1. The molecule has 5 nitrogen and oxygen atoms in total. The molecule has 9 heteroatoms. The standard InChI is InChI=1S/C24H21BrCl2N2O3S/c1-2-31-22-12-16(11-20(25)24(22)32-14-17-5-3-4-6-21(17)27)13-28-29-23(30)15-33-19-9-7-18(26)8-10-19/h3-13H,2,14-15H2,1H3,(H,29,30)/b28-13-. The third-order valence-electron chi connectivity index (χ3n) is 4.25. The van der Waals surface area contributed by atoms with Crippen LogP contribution < -0.4 is 14.9 Å². The average molecular weight is 568 g/mol. The maximum absolute atomic E-state index is 12.1. The fourth-order valence-corrected chi connectivity index (χ4v) is 4.30. The Labute approximate surface area is 215 Å². The first kappa shape index (κ1) is 25.4. The van der Waals surface area contributed by atoms with E-state index in [9.17, 15) is 4.79 Å². The maximum atomic E-state index is 12.1. The van der Waals surface area contributed by atoms with Gasteiger partial charge in [0.15, 0.2) is 11.5 Å². The zero-order valence-electron chi connectivity index (χ0n) is 17.7. The van der Waals surface area contributed by atoms with Gasteiger partial charge in [-0.05, 0) is 70.9 Å². The van der Waals surface area contributed by atoms with E-state index >= 15 is 0 Å². The minimum Gasteiger partial charge on any atom is -0.490 e. The smallest absolute Gasteiger partial charge is 0.250 e. The third kappa shape index (κ3) is 7.96. The van der Waals surface area contributed by atoms with Crippen molar-refractivity contribution in [3.63, 3.8) is 0 Å². The summed E-state index contributed by atoms with van der Waals surface area (Å²) in [5.74, 6) is 1.15. The largest absolute Gasteiger partial charge is 0.490 e. The van der Waals surface area contributed by atoms with Gasteiger partial charge in [0, 0.05) is 20.5 Å². The second kappa shape index (κ2) is 12.9. The highest BCUT2D eigenvalue weighted by Gasteiger charge is 2.13. The molecule has 0 saturated heterocycles. The molecule has 172 valence electrons. The van der Waals surface area contributed by atoms with Crippen LogP contribution in [-0.4, -0.2) is 24.5 Å². The molecule has 1 amide bonds. The fraction of sp³-hybridized carbons (Fsp3) is 0.167. The van der Waals surface area contributed by atoms with Gasteiger partial charge in [0.25, 0.3) is 0 Å². The van der Waals surface area contributed by atoms with Gasteiger partial charge in [0.2, 0.25) is 5.91 Å². The molecule has 0 saturated carbocycles. The number of rotatable bonds is 10. The first-order chi connectivity index (χ1) is 16.0. The predicted molar refractivity (Wildman–Crippen MR) is 139 cm³/mol. The van der Waals surface area contributed by atoms with Crippen molar-refractivity contribution in [3.8, 4) is 11.5 Å². The quantitative estimate of drug-likeness (QED) is 0.163. The number of nitrogens with zero attached hydrogens (tertiary/aromatic N) is 1. The molecule has 0 fully saturated rings. The molecular weight excluding hydrogens is 547 g/mol. The Morgan fingerprint density at radius 2 is 1.88 bits per heavy atom. The molecule has 0 heterocycles. The van der Waals surface area contributed by atoms with Gasteiger partial charge in [-0.2, -0.15) is 5.10 Å². The van der Waals surface area contributed by atoms with Gasteiger partial charge in [0.05, 0.1) is 23.0 Å². The Balaban J connectivity index is 1.61. The summed E-state index contributed by atoms with van der Waals surface area (Å²) in [6.45, 7) is 2.66. The third-order valence-corrected chi connectivity index (χ3v) is 6.47. The summed E-state index contributed by atoms with van der Waals surface area (Å²) in [6.07, 6.45) is 1.55. The second-order valence-corrected chi connectivity index (χ2v) is 9.43. The number of amides is 1. The van der Waals surface area contributed by atoms with E-state index in [4.69, 9.17) is 32.7 Å². The molecule has 0 aliphatic rings. The van der Waals surface area contributed by atoms with E-state index in [2.05, 4.69) is 26.5 Å². The molecule has 0 atom stereocenters. The van der Waals surface area contributed by atoms with Crippen LogP contribution in [-0.2, 0) is 11.4 Å². The molecule has 0 unspecified atom stereocenters. The molecular formula is C24H21BrCl2N2O3S.